The van der Waals surface area contributed by atoms with Crippen LogP contribution < -0.4 is 4.90 Å². The molecule has 6 nitrogen and oxygen atoms in total. The van der Waals surface area contributed by atoms with Crippen molar-refractivity contribution in [3.8, 4) is 6.07 Å². The zero-order valence-electron chi connectivity index (χ0n) is 15.3. The minimum absolute atomic E-state index is 0.113. The maximum Gasteiger partial charge on any atom is 0.263 e. The van der Waals surface area contributed by atoms with Gasteiger partial charge in [-0.3, -0.25) is 9.48 Å². The topological polar surface area (TPSA) is 65.2 Å². The van der Waals surface area contributed by atoms with Crippen LogP contribution in [0.4, 0.5) is 5.69 Å². The van der Waals surface area contributed by atoms with E-state index in [9.17, 15) is 10.1 Å². The van der Waals surface area contributed by atoms with Crippen molar-refractivity contribution in [2.45, 2.75) is 23.8 Å². The van der Waals surface area contributed by atoms with Crippen LogP contribution in [0.1, 0.15) is 28.9 Å². The summed E-state index contributed by atoms with van der Waals surface area (Å²) in [4.78, 5) is 18.7. The van der Waals surface area contributed by atoms with E-state index in [1.54, 1.807) is 18.8 Å². The van der Waals surface area contributed by atoms with Crippen molar-refractivity contribution in [3.63, 3.8) is 0 Å². The molecule has 2 heterocycles. The van der Waals surface area contributed by atoms with E-state index in [2.05, 4.69) is 23.1 Å². The highest BCUT2D eigenvalue weighted by atomic mass is 32.2. The molecule has 0 spiro atoms. The molecule has 0 atom stereocenters. The first kappa shape index (κ1) is 18.5. The van der Waals surface area contributed by atoms with Crippen molar-refractivity contribution < 1.29 is 4.79 Å². The monoisotopic (exact) mass is 369 g/mol. The van der Waals surface area contributed by atoms with E-state index >= 15 is 0 Å². The molecule has 1 aliphatic rings. The molecule has 0 radical (unpaired) electrons. The van der Waals surface area contributed by atoms with Crippen molar-refractivity contribution in [1.29, 1.82) is 5.26 Å². The number of aromatic nitrogens is 2. The van der Waals surface area contributed by atoms with Gasteiger partial charge in [-0.1, -0.05) is 6.07 Å². The lowest BCUT2D eigenvalue weighted by Crippen LogP contribution is -2.47. The summed E-state index contributed by atoms with van der Waals surface area (Å²) in [5, 5.41) is 13.5. The Morgan fingerprint density at radius 1 is 1.35 bits per heavy atom. The first-order chi connectivity index (χ1) is 12.5. The molecule has 0 N–H and O–H groups in total. The normalized spacial score (nSPS) is 15.6. The summed E-state index contributed by atoms with van der Waals surface area (Å²) in [5.41, 5.74) is 1.54. The lowest BCUT2D eigenvalue weighted by molar-refractivity contribution is 0.0963. The van der Waals surface area contributed by atoms with E-state index in [4.69, 9.17) is 0 Å². The summed E-state index contributed by atoms with van der Waals surface area (Å²) in [7, 11) is 3.79. The Labute approximate surface area is 158 Å². The van der Waals surface area contributed by atoms with Gasteiger partial charge in [-0.05, 0) is 57.4 Å². The smallest absolute Gasteiger partial charge is 0.263 e. The summed E-state index contributed by atoms with van der Waals surface area (Å²) in [6.45, 7) is 1.91. The SMILES string of the molecule is CSc1cccc(N(C(=O)c2cnn(C)c2C#N)C2CCN(C)CC2)c1. The Hall–Kier alpha value is -2.30. The quantitative estimate of drug-likeness (QED) is 0.776. The molecule has 136 valence electrons. The number of amides is 1. The number of hydrogen-bond donors (Lipinski definition) is 0. The minimum Gasteiger partial charge on any atom is -0.306 e. The molecule has 1 aliphatic heterocycles. The van der Waals surface area contributed by atoms with Crippen LogP contribution in [0.25, 0.3) is 0 Å². The van der Waals surface area contributed by atoms with Crippen LogP contribution in [0, 0.1) is 11.3 Å². The van der Waals surface area contributed by atoms with Gasteiger partial charge in [0, 0.05) is 23.7 Å². The minimum atomic E-state index is -0.151. The Morgan fingerprint density at radius 2 is 2.08 bits per heavy atom. The van der Waals surface area contributed by atoms with Gasteiger partial charge in [0.25, 0.3) is 5.91 Å². The molecule has 0 aliphatic carbocycles. The van der Waals surface area contributed by atoms with Gasteiger partial charge in [0.05, 0.1) is 11.8 Å². The van der Waals surface area contributed by atoms with Crippen LogP contribution in [0.3, 0.4) is 0 Å². The molecule has 1 aromatic carbocycles. The van der Waals surface area contributed by atoms with E-state index in [0.29, 0.717) is 11.3 Å². The maximum atomic E-state index is 13.4. The third-order valence-corrected chi connectivity index (χ3v) is 5.60. The zero-order chi connectivity index (χ0) is 18.7. The molecular weight excluding hydrogens is 346 g/mol. The Kier molecular flexibility index (Phi) is 5.64. The van der Waals surface area contributed by atoms with Crippen LogP contribution in [-0.2, 0) is 7.05 Å². The first-order valence-corrected chi connectivity index (χ1v) is 9.86. The van der Waals surface area contributed by atoms with E-state index in [1.807, 2.05) is 35.4 Å². The van der Waals surface area contributed by atoms with Gasteiger partial charge in [0.2, 0.25) is 0 Å². The van der Waals surface area contributed by atoms with Gasteiger partial charge in [-0.2, -0.15) is 10.4 Å². The fraction of sp³-hybridized carbons (Fsp3) is 0.421. The molecule has 7 heteroatoms. The van der Waals surface area contributed by atoms with Gasteiger partial charge in [-0.25, -0.2) is 0 Å². The van der Waals surface area contributed by atoms with Crippen LogP contribution in [-0.4, -0.2) is 53.0 Å². The number of nitriles is 1. The van der Waals surface area contributed by atoms with Gasteiger partial charge in [0.1, 0.15) is 6.07 Å². The highest BCUT2D eigenvalue weighted by Gasteiger charge is 2.31. The first-order valence-electron chi connectivity index (χ1n) is 8.63. The second-order valence-corrected chi connectivity index (χ2v) is 7.43. The van der Waals surface area contributed by atoms with Gasteiger partial charge in [0.15, 0.2) is 5.69 Å². The van der Waals surface area contributed by atoms with Crippen molar-refractivity contribution in [2.24, 2.45) is 7.05 Å². The molecule has 0 unspecified atom stereocenters. The van der Waals surface area contributed by atoms with Crippen molar-refractivity contribution >= 4 is 23.4 Å². The van der Waals surface area contributed by atoms with E-state index in [-0.39, 0.29) is 11.9 Å². The second-order valence-electron chi connectivity index (χ2n) is 6.55. The third-order valence-electron chi connectivity index (χ3n) is 4.88. The molecule has 3 rings (SSSR count). The Bertz CT molecular complexity index is 833. The van der Waals surface area contributed by atoms with Gasteiger partial charge < -0.3 is 9.80 Å². The summed E-state index contributed by atoms with van der Waals surface area (Å²) in [6.07, 6.45) is 5.35. The fourth-order valence-corrected chi connectivity index (χ4v) is 3.82. The fourth-order valence-electron chi connectivity index (χ4n) is 3.36. The average Bonchev–Trinajstić information content (AvgIpc) is 3.04. The molecule has 2 aromatic rings. The van der Waals surface area contributed by atoms with E-state index in [0.717, 1.165) is 36.5 Å². The number of piperidine rings is 1. The lowest BCUT2D eigenvalue weighted by atomic mass is 10.0. The number of thioether (sulfide) groups is 1. The number of aryl methyl sites for hydroxylation is 1. The summed E-state index contributed by atoms with van der Waals surface area (Å²) in [5.74, 6) is -0.151. The number of likely N-dealkylation sites (tertiary alicyclic amines) is 1. The van der Waals surface area contributed by atoms with Crippen molar-refractivity contribution in [2.75, 3.05) is 31.3 Å². The van der Waals surface area contributed by atoms with E-state index < -0.39 is 0 Å². The second kappa shape index (κ2) is 7.94. The van der Waals surface area contributed by atoms with Crippen molar-refractivity contribution in [1.82, 2.24) is 14.7 Å². The Balaban J connectivity index is 2.02. The highest BCUT2D eigenvalue weighted by Crippen LogP contribution is 2.29. The number of rotatable bonds is 4. The van der Waals surface area contributed by atoms with Crippen LogP contribution >= 0.6 is 11.8 Å². The number of carbonyl (C=O) groups excluding carboxylic acids is 1. The molecular formula is C19H23N5OS. The summed E-state index contributed by atoms with van der Waals surface area (Å²) < 4.78 is 1.46. The lowest BCUT2D eigenvalue weighted by Gasteiger charge is -2.37. The number of carbonyl (C=O) groups is 1. The third kappa shape index (κ3) is 3.62. The number of nitrogens with zero attached hydrogens (tertiary/aromatic N) is 5. The Morgan fingerprint density at radius 3 is 2.73 bits per heavy atom. The molecule has 0 saturated carbocycles. The largest absolute Gasteiger partial charge is 0.306 e. The predicted octanol–water partition coefficient (Wildman–Crippen LogP) is 2.75. The molecule has 1 fully saturated rings. The molecule has 1 aromatic heterocycles. The molecule has 1 amide bonds. The van der Waals surface area contributed by atoms with Crippen molar-refractivity contribution in [3.05, 3.63) is 41.7 Å². The van der Waals surface area contributed by atoms with Crippen LogP contribution in [0.15, 0.2) is 35.4 Å². The standard InChI is InChI=1S/C19H23N5OS/c1-22-9-7-14(8-10-22)24(15-5-4-6-16(11-15)26-3)19(25)17-13-21-23(2)18(17)12-20/h4-6,11,13-14H,7-10H2,1-3H3. The average molecular weight is 369 g/mol. The van der Waals surface area contributed by atoms with Crippen LogP contribution in [0.5, 0.6) is 0 Å². The summed E-state index contributed by atoms with van der Waals surface area (Å²) >= 11 is 1.65. The maximum absolute atomic E-state index is 13.4. The molecule has 0 bridgehead atoms. The van der Waals surface area contributed by atoms with E-state index in [1.165, 1.54) is 10.9 Å². The number of anilines is 1. The summed E-state index contributed by atoms with van der Waals surface area (Å²) in [6, 6.07) is 10.2. The number of hydrogen-bond acceptors (Lipinski definition) is 5. The molecule has 26 heavy (non-hydrogen) atoms. The van der Waals surface area contributed by atoms with Gasteiger partial charge in [-0.15, -0.1) is 11.8 Å². The van der Waals surface area contributed by atoms with Gasteiger partial charge >= 0.3 is 0 Å². The highest BCUT2D eigenvalue weighted by molar-refractivity contribution is 7.98. The number of benzene rings is 1. The van der Waals surface area contributed by atoms with Crippen LogP contribution in [0.2, 0.25) is 0 Å². The predicted molar refractivity (Wildman–Crippen MR) is 103 cm³/mol. The molecule has 1 saturated heterocycles. The zero-order valence-corrected chi connectivity index (χ0v) is 16.2.